The van der Waals surface area contributed by atoms with Crippen molar-refractivity contribution in [2.45, 2.75) is 32.4 Å². The average Bonchev–Trinajstić information content (AvgIpc) is 3.15. The molecule has 5 heteroatoms. The summed E-state index contributed by atoms with van der Waals surface area (Å²) in [4.78, 5) is 15.5. The molecule has 2 heterocycles. The van der Waals surface area contributed by atoms with Crippen LogP contribution in [0.4, 0.5) is 0 Å². The number of benzene rings is 2. The zero-order valence-corrected chi connectivity index (χ0v) is 16.9. The number of carboxylic acid groups (broad SMARTS) is 1. The second-order valence-electron chi connectivity index (χ2n) is 7.54. The van der Waals surface area contributed by atoms with E-state index < -0.39 is 5.97 Å². The Bertz CT molecular complexity index is 1130. The summed E-state index contributed by atoms with van der Waals surface area (Å²) in [5.74, 6) is -0.0607. The summed E-state index contributed by atoms with van der Waals surface area (Å²) >= 11 is 0. The SMILES string of the molecule is C[C@@H](CC(=O)O)c1ccc(OCc2cnc3c(ccn3Cc3ccccc3)c2)cc1. The number of ether oxygens (including phenoxy) is 1. The van der Waals surface area contributed by atoms with Gasteiger partial charge in [0.1, 0.15) is 18.0 Å². The molecule has 0 saturated heterocycles. The van der Waals surface area contributed by atoms with Crippen LogP contribution >= 0.6 is 0 Å². The first kappa shape index (κ1) is 19.7. The number of aromatic nitrogens is 2. The van der Waals surface area contributed by atoms with Gasteiger partial charge in [-0.05, 0) is 41.3 Å². The molecule has 1 N–H and O–H groups in total. The van der Waals surface area contributed by atoms with Gasteiger partial charge >= 0.3 is 5.97 Å². The van der Waals surface area contributed by atoms with Gasteiger partial charge in [-0.1, -0.05) is 49.4 Å². The van der Waals surface area contributed by atoms with Crippen molar-refractivity contribution >= 4 is 17.0 Å². The number of aliphatic carboxylic acids is 1. The van der Waals surface area contributed by atoms with E-state index >= 15 is 0 Å². The van der Waals surface area contributed by atoms with Gasteiger partial charge in [-0.15, -0.1) is 0 Å². The first-order valence-electron chi connectivity index (χ1n) is 10.0. The van der Waals surface area contributed by atoms with E-state index in [1.807, 2.05) is 55.6 Å². The lowest BCUT2D eigenvalue weighted by Crippen LogP contribution is -2.03. The van der Waals surface area contributed by atoms with Gasteiger partial charge in [0.05, 0.1) is 6.42 Å². The monoisotopic (exact) mass is 400 g/mol. The van der Waals surface area contributed by atoms with Gasteiger partial charge in [-0.3, -0.25) is 4.79 Å². The number of carboxylic acids is 1. The Balaban J connectivity index is 1.40. The fourth-order valence-corrected chi connectivity index (χ4v) is 3.55. The zero-order valence-electron chi connectivity index (χ0n) is 16.9. The molecule has 0 radical (unpaired) electrons. The minimum Gasteiger partial charge on any atom is -0.489 e. The van der Waals surface area contributed by atoms with Crippen LogP contribution in [-0.4, -0.2) is 20.6 Å². The standard InChI is InChI=1S/C25H24N2O3/c1-18(13-24(28)29)21-7-9-23(10-8-21)30-17-20-14-22-11-12-27(25(22)26-15-20)16-19-5-3-2-4-6-19/h2-12,14-15,18H,13,16-17H2,1H3,(H,28,29)/t18-/m0/s1. The van der Waals surface area contributed by atoms with Crippen molar-refractivity contribution in [3.63, 3.8) is 0 Å². The van der Waals surface area contributed by atoms with Gasteiger partial charge in [0.25, 0.3) is 0 Å². The lowest BCUT2D eigenvalue weighted by molar-refractivity contribution is -0.137. The van der Waals surface area contributed by atoms with Crippen LogP contribution in [0.25, 0.3) is 11.0 Å². The van der Waals surface area contributed by atoms with Crippen LogP contribution in [0.2, 0.25) is 0 Å². The number of rotatable bonds is 8. The normalized spacial score (nSPS) is 12.0. The molecule has 0 aliphatic carbocycles. The van der Waals surface area contributed by atoms with Gasteiger partial charge in [0.2, 0.25) is 0 Å². The van der Waals surface area contributed by atoms with Crippen molar-refractivity contribution in [2.24, 2.45) is 0 Å². The molecule has 30 heavy (non-hydrogen) atoms. The molecule has 2 aromatic carbocycles. The molecule has 152 valence electrons. The van der Waals surface area contributed by atoms with E-state index in [4.69, 9.17) is 9.84 Å². The zero-order chi connectivity index (χ0) is 20.9. The number of fused-ring (bicyclic) bond motifs is 1. The molecule has 1 atom stereocenters. The maximum atomic E-state index is 10.9. The number of carbonyl (C=O) groups is 1. The van der Waals surface area contributed by atoms with Crippen LogP contribution in [0.1, 0.15) is 36.0 Å². The lowest BCUT2D eigenvalue weighted by Gasteiger charge is -2.11. The van der Waals surface area contributed by atoms with E-state index in [0.717, 1.165) is 34.5 Å². The van der Waals surface area contributed by atoms with Crippen LogP contribution in [0.3, 0.4) is 0 Å². The Labute approximate surface area is 175 Å². The number of hydrogen-bond donors (Lipinski definition) is 1. The van der Waals surface area contributed by atoms with Crippen LogP contribution in [-0.2, 0) is 17.9 Å². The molecule has 5 nitrogen and oxygen atoms in total. The third-order valence-electron chi connectivity index (χ3n) is 5.19. The Morgan fingerprint density at radius 2 is 1.83 bits per heavy atom. The van der Waals surface area contributed by atoms with Crippen molar-refractivity contribution in [3.8, 4) is 5.75 Å². The molecule has 0 aliphatic heterocycles. The summed E-state index contributed by atoms with van der Waals surface area (Å²) < 4.78 is 8.04. The molecule has 0 bridgehead atoms. The van der Waals surface area contributed by atoms with E-state index in [9.17, 15) is 4.79 Å². The summed E-state index contributed by atoms with van der Waals surface area (Å²) in [5.41, 5.74) is 4.19. The highest BCUT2D eigenvalue weighted by Crippen LogP contribution is 2.23. The maximum absolute atomic E-state index is 10.9. The predicted molar refractivity (Wildman–Crippen MR) is 117 cm³/mol. The molecule has 4 aromatic rings. The van der Waals surface area contributed by atoms with Gasteiger partial charge in [-0.25, -0.2) is 4.98 Å². The smallest absolute Gasteiger partial charge is 0.303 e. The molecular weight excluding hydrogens is 376 g/mol. The van der Waals surface area contributed by atoms with E-state index in [1.54, 1.807) is 0 Å². The molecule has 0 spiro atoms. The van der Waals surface area contributed by atoms with Crippen LogP contribution in [0.5, 0.6) is 5.75 Å². The number of nitrogens with zero attached hydrogens (tertiary/aromatic N) is 2. The summed E-state index contributed by atoms with van der Waals surface area (Å²) in [6, 6.07) is 22.1. The van der Waals surface area contributed by atoms with Crippen molar-refractivity contribution in [1.82, 2.24) is 9.55 Å². The number of pyridine rings is 1. The lowest BCUT2D eigenvalue weighted by atomic mass is 9.98. The van der Waals surface area contributed by atoms with Crippen molar-refractivity contribution in [3.05, 3.63) is 95.8 Å². The quantitative estimate of drug-likeness (QED) is 0.439. The highest BCUT2D eigenvalue weighted by atomic mass is 16.5. The minimum absolute atomic E-state index is 0.0249. The summed E-state index contributed by atoms with van der Waals surface area (Å²) in [6.07, 6.45) is 4.04. The van der Waals surface area contributed by atoms with Crippen LogP contribution in [0.15, 0.2) is 79.1 Å². The maximum Gasteiger partial charge on any atom is 0.303 e. The second kappa shape index (κ2) is 8.82. The molecule has 0 aliphatic rings. The Hall–Kier alpha value is -3.60. The fraction of sp³-hybridized carbons (Fsp3) is 0.200. The second-order valence-corrected chi connectivity index (χ2v) is 7.54. The van der Waals surface area contributed by atoms with Gasteiger partial charge in [0.15, 0.2) is 0 Å². The molecule has 0 amide bonds. The van der Waals surface area contributed by atoms with Crippen molar-refractivity contribution < 1.29 is 14.6 Å². The number of hydrogen-bond acceptors (Lipinski definition) is 3. The molecular formula is C25H24N2O3. The highest BCUT2D eigenvalue weighted by Gasteiger charge is 2.10. The van der Waals surface area contributed by atoms with E-state index in [-0.39, 0.29) is 12.3 Å². The average molecular weight is 400 g/mol. The molecule has 0 saturated carbocycles. The largest absolute Gasteiger partial charge is 0.489 e. The van der Waals surface area contributed by atoms with Gasteiger partial charge < -0.3 is 14.4 Å². The molecule has 0 fully saturated rings. The van der Waals surface area contributed by atoms with E-state index in [2.05, 4.69) is 40.0 Å². The van der Waals surface area contributed by atoms with Gasteiger partial charge in [0, 0.05) is 29.9 Å². The Morgan fingerprint density at radius 1 is 1.07 bits per heavy atom. The Morgan fingerprint density at radius 3 is 2.57 bits per heavy atom. The van der Waals surface area contributed by atoms with Crippen molar-refractivity contribution in [2.75, 3.05) is 0 Å². The summed E-state index contributed by atoms with van der Waals surface area (Å²) in [5, 5.41) is 10.0. The first-order valence-corrected chi connectivity index (χ1v) is 10.0. The molecule has 0 unspecified atom stereocenters. The summed E-state index contributed by atoms with van der Waals surface area (Å²) in [6.45, 7) is 3.13. The van der Waals surface area contributed by atoms with E-state index in [1.165, 1.54) is 5.56 Å². The minimum atomic E-state index is -0.789. The molecule has 2 aromatic heterocycles. The van der Waals surface area contributed by atoms with Crippen LogP contribution < -0.4 is 4.74 Å². The predicted octanol–water partition coefficient (Wildman–Crippen LogP) is 5.24. The first-order chi connectivity index (χ1) is 14.6. The molecule has 4 rings (SSSR count). The fourth-order valence-electron chi connectivity index (χ4n) is 3.55. The summed E-state index contributed by atoms with van der Waals surface area (Å²) in [7, 11) is 0. The third-order valence-corrected chi connectivity index (χ3v) is 5.19. The Kier molecular flexibility index (Phi) is 5.80. The van der Waals surface area contributed by atoms with Gasteiger partial charge in [-0.2, -0.15) is 0 Å². The topological polar surface area (TPSA) is 64.3 Å². The van der Waals surface area contributed by atoms with Crippen LogP contribution in [0, 0.1) is 0 Å². The highest BCUT2D eigenvalue weighted by molar-refractivity contribution is 5.76. The third kappa shape index (κ3) is 4.69. The van der Waals surface area contributed by atoms with Crippen molar-refractivity contribution in [1.29, 1.82) is 0 Å². The van der Waals surface area contributed by atoms with E-state index in [0.29, 0.717) is 6.61 Å².